The van der Waals surface area contributed by atoms with E-state index in [1.807, 2.05) is 0 Å². The first-order chi connectivity index (χ1) is 2.89. The lowest BCUT2D eigenvalue weighted by molar-refractivity contribution is 0.993. The van der Waals surface area contributed by atoms with Gasteiger partial charge in [0, 0.05) is 11.8 Å². The van der Waals surface area contributed by atoms with Crippen LogP contribution in [0.2, 0.25) is 0 Å². The molecule has 0 aliphatic rings. The van der Waals surface area contributed by atoms with E-state index >= 15 is 0 Å². The van der Waals surface area contributed by atoms with Crippen molar-refractivity contribution < 1.29 is 0 Å². The Morgan fingerprint density at radius 2 is 2.50 bits per heavy atom. The molecule has 0 atom stereocenters. The van der Waals surface area contributed by atoms with Gasteiger partial charge in [-0.2, -0.15) is 4.20 Å². The summed E-state index contributed by atoms with van der Waals surface area (Å²) in [6.07, 6.45) is 2.77. The van der Waals surface area contributed by atoms with Crippen LogP contribution in [-0.4, -0.2) is 14.3 Å². The van der Waals surface area contributed by atoms with Crippen LogP contribution in [0.1, 0.15) is 0 Å². The van der Waals surface area contributed by atoms with E-state index in [0.29, 0.717) is 0 Å². The lowest BCUT2D eigenvalue weighted by Gasteiger charge is -1.69. The number of aromatic nitrogens is 3. The summed E-state index contributed by atoms with van der Waals surface area (Å²) in [4.78, 5) is 3.54. The average Bonchev–Trinajstić information content (AvgIpc) is 1.86. The van der Waals surface area contributed by atoms with E-state index < -0.39 is 0 Å². The molecule has 0 aliphatic carbocycles. The molecular weight excluding hydrogens is 101 g/mol. The molecule has 0 radical (unpaired) electrons. The second-order valence-electron chi connectivity index (χ2n) is 0.784. The lowest BCUT2D eigenvalue weighted by atomic mass is 11.3. The molecule has 0 spiro atoms. The van der Waals surface area contributed by atoms with Crippen LogP contribution in [0.15, 0.2) is 12.7 Å². The van der Waals surface area contributed by atoms with Crippen molar-refractivity contribution in [1.82, 2.24) is 14.3 Å². The number of nitrogens with zero attached hydrogens (tertiary/aromatic N) is 3. The zero-order valence-electron chi connectivity index (χ0n) is 2.87. The van der Waals surface area contributed by atoms with Crippen molar-refractivity contribution in [3.05, 3.63) is 12.7 Å². The summed E-state index contributed by atoms with van der Waals surface area (Å²) in [5, 5.41) is 3.49. The zero-order chi connectivity index (χ0) is 4.41. The topological polar surface area (TPSA) is 30.7 Å². The molecule has 1 aromatic heterocycles. The second kappa shape index (κ2) is 1.26. The van der Waals surface area contributed by atoms with Gasteiger partial charge in [0.1, 0.15) is 12.7 Å². The molecule has 0 saturated heterocycles. The number of hydrogen-bond acceptors (Lipinski definition) is 2. The third-order valence-corrected chi connectivity index (χ3v) is 0.565. The highest BCUT2D eigenvalue weighted by atomic mass is 35.5. The average molecular weight is 104 g/mol. The van der Waals surface area contributed by atoms with Gasteiger partial charge in [-0.3, -0.25) is 0 Å². The molecular formula is C2H2ClN3. The van der Waals surface area contributed by atoms with Gasteiger partial charge < -0.3 is 0 Å². The van der Waals surface area contributed by atoms with Crippen molar-refractivity contribution in [3.8, 4) is 0 Å². The first kappa shape index (κ1) is 3.61. The fourth-order valence-electron chi connectivity index (χ4n) is 0.194. The Kier molecular flexibility index (Phi) is 0.759. The maximum absolute atomic E-state index is 5.20. The van der Waals surface area contributed by atoms with Crippen LogP contribution in [0.3, 0.4) is 0 Å². The quantitative estimate of drug-likeness (QED) is 0.472. The maximum Gasteiger partial charge on any atom is 0.139 e. The molecule has 3 nitrogen and oxygen atoms in total. The standard InChI is InChI=1S/C2H2ClN3/c3-6-2-4-1-5-6/h1-2H. The predicted octanol–water partition coefficient (Wildman–Crippen LogP) is 0.280. The molecule has 0 bridgehead atoms. The second-order valence-corrected chi connectivity index (χ2v) is 1.13. The van der Waals surface area contributed by atoms with Gasteiger partial charge in [-0.1, -0.05) is 0 Å². The monoisotopic (exact) mass is 103 g/mol. The minimum absolute atomic E-state index is 1.11. The van der Waals surface area contributed by atoms with E-state index in [9.17, 15) is 0 Å². The minimum Gasteiger partial charge on any atom is -0.222 e. The highest BCUT2D eigenvalue weighted by Gasteiger charge is 1.73. The summed E-state index contributed by atoms with van der Waals surface area (Å²) < 4.78 is 1.11. The van der Waals surface area contributed by atoms with E-state index in [1.54, 1.807) is 0 Å². The van der Waals surface area contributed by atoms with Crippen molar-refractivity contribution >= 4 is 11.8 Å². The third kappa shape index (κ3) is 0.490. The van der Waals surface area contributed by atoms with Gasteiger partial charge in [-0.15, -0.1) is 5.10 Å². The van der Waals surface area contributed by atoms with Gasteiger partial charge in [-0.25, -0.2) is 4.98 Å². The summed E-state index contributed by atoms with van der Waals surface area (Å²) in [5.41, 5.74) is 0. The number of hydrogen-bond donors (Lipinski definition) is 0. The first-order valence-corrected chi connectivity index (χ1v) is 1.74. The zero-order valence-corrected chi connectivity index (χ0v) is 3.63. The Labute approximate surface area is 39.7 Å². The van der Waals surface area contributed by atoms with Gasteiger partial charge in [0.25, 0.3) is 0 Å². The van der Waals surface area contributed by atoms with Crippen molar-refractivity contribution in [3.63, 3.8) is 0 Å². The molecule has 0 amide bonds. The van der Waals surface area contributed by atoms with Gasteiger partial charge >= 0.3 is 0 Å². The van der Waals surface area contributed by atoms with E-state index in [2.05, 4.69) is 10.1 Å². The first-order valence-electron chi connectivity index (χ1n) is 1.40. The smallest absolute Gasteiger partial charge is 0.139 e. The van der Waals surface area contributed by atoms with Crippen molar-refractivity contribution in [2.24, 2.45) is 0 Å². The summed E-state index contributed by atoms with van der Waals surface area (Å²) in [5.74, 6) is 0. The summed E-state index contributed by atoms with van der Waals surface area (Å²) >= 11 is 5.20. The Morgan fingerprint density at radius 3 is 2.67 bits per heavy atom. The van der Waals surface area contributed by atoms with Crippen LogP contribution in [-0.2, 0) is 0 Å². The predicted molar refractivity (Wildman–Crippen MR) is 21.3 cm³/mol. The SMILES string of the molecule is Cln1cncn1. The number of rotatable bonds is 0. The Morgan fingerprint density at radius 1 is 1.67 bits per heavy atom. The molecule has 0 aliphatic heterocycles. The third-order valence-electron chi connectivity index (χ3n) is 0.391. The van der Waals surface area contributed by atoms with Gasteiger partial charge in [-0.05, 0) is 0 Å². The highest BCUT2D eigenvalue weighted by molar-refractivity contribution is 6.14. The summed E-state index contributed by atoms with van der Waals surface area (Å²) in [7, 11) is 0. The maximum atomic E-state index is 5.20. The van der Waals surface area contributed by atoms with E-state index in [4.69, 9.17) is 11.8 Å². The molecule has 1 rings (SSSR count). The van der Waals surface area contributed by atoms with Gasteiger partial charge in [0.15, 0.2) is 0 Å². The van der Waals surface area contributed by atoms with Gasteiger partial charge in [0.05, 0.1) is 0 Å². The van der Waals surface area contributed by atoms with Crippen LogP contribution >= 0.6 is 11.8 Å². The molecule has 1 aromatic rings. The largest absolute Gasteiger partial charge is 0.222 e. The fourth-order valence-corrected chi connectivity index (χ4v) is 0.283. The molecule has 6 heavy (non-hydrogen) atoms. The molecule has 1 heterocycles. The molecule has 0 saturated carbocycles. The number of halogens is 1. The summed E-state index contributed by atoms with van der Waals surface area (Å²) in [6.45, 7) is 0. The Hall–Kier alpha value is -0.570. The van der Waals surface area contributed by atoms with Crippen LogP contribution in [0.25, 0.3) is 0 Å². The fraction of sp³-hybridized carbons (Fsp3) is 0. The Bertz CT molecular complexity index is 112. The van der Waals surface area contributed by atoms with E-state index in [1.165, 1.54) is 12.7 Å². The van der Waals surface area contributed by atoms with Crippen LogP contribution in [0.4, 0.5) is 0 Å². The van der Waals surface area contributed by atoms with Gasteiger partial charge in [0.2, 0.25) is 0 Å². The summed E-state index contributed by atoms with van der Waals surface area (Å²) in [6, 6.07) is 0. The molecule has 4 heteroatoms. The Balaban J connectivity index is 3.05. The van der Waals surface area contributed by atoms with Crippen molar-refractivity contribution in [2.45, 2.75) is 0 Å². The normalized spacial score (nSPS) is 8.83. The van der Waals surface area contributed by atoms with Crippen LogP contribution < -0.4 is 0 Å². The molecule has 0 fully saturated rings. The lowest BCUT2D eigenvalue weighted by Crippen LogP contribution is -1.73. The molecule has 32 valence electrons. The van der Waals surface area contributed by atoms with Crippen LogP contribution in [0.5, 0.6) is 0 Å². The van der Waals surface area contributed by atoms with Crippen molar-refractivity contribution in [1.29, 1.82) is 0 Å². The van der Waals surface area contributed by atoms with E-state index in [-0.39, 0.29) is 0 Å². The van der Waals surface area contributed by atoms with E-state index in [0.717, 1.165) is 4.20 Å². The highest BCUT2D eigenvalue weighted by Crippen LogP contribution is 1.76. The molecule has 0 N–H and O–H groups in total. The molecule has 0 unspecified atom stereocenters. The molecule has 0 aromatic carbocycles. The van der Waals surface area contributed by atoms with Crippen molar-refractivity contribution in [2.75, 3.05) is 0 Å². The minimum atomic E-state index is 1.11. The van der Waals surface area contributed by atoms with Crippen LogP contribution in [0, 0.1) is 0 Å².